The monoisotopic (exact) mass is 302 g/mol. The SMILES string of the molecule is CCCCC1CNCC2=C3CCCC4=C3N(CC=CS4)C21. The molecule has 0 bridgehead atoms. The molecule has 4 aliphatic rings. The first-order valence-electron chi connectivity index (χ1n) is 8.64. The van der Waals surface area contributed by atoms with E-state index in [0.29, 0.717) is 6.04 Å². The summed E-state index contributed by atoms with van der Waals surface area (Å²) in [5, 5.41) is 6.04. The minimum Gasteiger partial charge on any atom is -0.360 e. The Morgan fingerprint density at radius 1 is 1.38 bits per heavy atom. The van der Waals surface area contributed by atoms with Crippen molar-refractivity contribution >= 4 is 11.8 Å². The highest BCUT2D eigenvalue weighted by atomic mass is 32.2. The Kier molecular flexibility index (Phi) is 3.89. The smallest absolute Gasteiger partial charge is 0.0565 e. The summed E-state index contributed by atoms with van der Waals surface area (Å²) >= 11 is 1.98. The molecule has 0 aromatic heterocycles. The number of nitrogens with zero attached hydrogens (tertiary/aromatic N) is 1. The number of hydrogen-bond acceptors (Lipinski definition) is 3. The van der Waals surface area contributed by atoms with E-state index in [2.05, 4.69) is 28.6 Å². The highest BCUT2D eigenvalue weighted by molar-refractivity contribution is 8.05. The third-order valence-corrected chi connectivity index (χ3v) is 6.46. The Balaban J connectivity index is 1.73. The van der Waals surface area contributed by atoms with Crippen LogP contribution in [-0.2, 0) is 0 Å². The minimum atomic E-state index is 0.694. The number of thioether (sulfide) groups is 1. The van der Waals surface area contributed by atoms with Gasteiger partial charge in [-0.2, -0.15) is 0 Å². The van der Waals surface area contributed by atoms with Gasteiger partial charge in [-0.3, -0.25) is 0 Å². The first-order chi connectivity index (χ1) is 10.4. The van der Waals surface area contributed by atoms with E-state index in [1.807, 2.05) is 11.8 Å². The Morgan fingerprint density at radius 3 is 3.24 bits per heavy atom. The molecule has 1 N–H and O–H groups in total. The van der Waals surface area contributed by atoms with E-state index < -0.39 is 0 Å². The van der Waals surface area contributed by atoms with Gasteiger partial charge in [-0.25, -0.2) is 0 Å². The second kappa shape index (κ2) is 5.85. The summed E-state index contributed by atoms with van der Waals surface area (Å²) in [7, 11) is 0. The van der Waals surface area contributed by atoms with E-state index in [-0.39, 0.29) is 0 Å². The number of fused-ring (bicyclic) bond motifs is 2. The Morgan fingerprint density at radius 2 is 2.33 bits per heavy atom. The molecule has 3 heterocycles. The second-order valence-corrected chi connectivity index (χ2v) is 7.75. The van der Waals surface area contributed by atoms with E-state index in [1.165, 1.54) is 45.1 Å². The molecule has 1 aliphatic carbocycles. The molecule has 114 valence electrons. The topological polar surface area (TPSA) is 15.3 Å². The molecule has 0 amide bonds. The van der Waals surface area contributed by atoms with Crippen molar-refractivity contribution in [2.75, 3.05) is 19.6 Å². The summed E-state index contributed by atoms with van der Waals surface area (Å²) in [6, 6.07) is 0.694. The normalized spacial score (nSPS) is 31.4. The van der Waals surface area contributed by atoms with E-state index in [1.54, 1.807) is 21.7 Å². The van der Waals surface area contributed by atoms with Gasteiger partial charge in [-0.05, 0) is 48.2 Å². The van der Waals surface area contributed by atoms with Crippen LogP contribution < -0.4 is 5.32 Å². The number of unbranched alkanes of at least 4 members (excludes halogenated alkanes) is 1. The highest BCUT2D eigenvalue weighted by Crippen LogP contribution is 2.49. The molecule has 0 aromatic carbocycles. The quantitative estimate of drug-likeness (QED) is 0.847. The van der Waals surface area contributed by atoms with Crippen LogP contribution in [0.15, 0.2) is 33.2 Å². The lowest BCUT2D eigenvalue weighted by molar-refractivity contribution is 0.212. The summed E-state index contributed by atoms with van der Waals surface area (Å²) in [5.41, 5.74) is 5.10. The summed E-state index contributed by atoms with van der Waals surface area (Å²) in [6.07, 6.45) is 10.4. The van der Waals surface area contributed by atoms with Crippen LogP contribution in [0.5, 0.6) is 0 Å². The molecule has 21 heavy (non-hydrogen) atoms. The number of piperidine rings is 1. The first-order valence-corrected chi connectivity index (χ1v) is 9.52. The lowest BCUT2D eigenvalue weighted by Gasteiger charge is -2.39. The second-order valence-electron chi connectivity index (χ2n) is 6.75. The van der Waals surface area contributed by atoms with Crippen LogP contribution >= 0.6 is 11.8 Å². The van der Waals surface area contributed by atoms with Crippen LogP contribution in [-0.4, -0.2) is 30.6 Å². The lowest BCUT2D eigenvalue weighted by Crippen LogP contribution is -2.47. The van der Waals surface area contributed by atoms with Gasteiger partial charge in [0, 0.05) is 24.5 Å². The summed E-state index contributed by atoms with van der Waals surface area (Å²) in [5.74, 6) is 0.803. The molecule has 2 atom stereocenters. The predicted octanol–water partition coefficient (Wildman–Crippen LogP) is 4.03. The molecule has 2 nitrogen and oxygen atoms in total. The Bertz CT molecular complexity index is 517. The van der Waals surface area contributed by atoms with Crippen LogP contribution in [0, 0.1) is 5.92 Å². The average molecular weight is 302 g/mol. The molecule has 3 aliphatic heterocycles. The van der Waals surface area contributed by atoms with Crippen molar-refractivity contribution in [1.82, 2.24) is 10.2 Å². The largest absolute Gasteiger partial charge is 0.360 e. The van der Waals surface area contributed by atoms with E-state index in [4.69, 9.17) is 0 Å². The third-order valence-electron chi connectivity index (χ3n) is 5.45. The Labute approximate surface area is 132 Å². The summed E-state index contributed by atoms with van der Waals surface area (Å²) in [4.78, 5) is 4.40. The van der Waals surface area contributed by atoms with E-state index >= 15 is 0 Å². The summed E-state index contributed by atoms with van der Waals surface area (Å²) in [6.45, 7) is 5.77. The van der Waals surface area contributed by atoms with Crippen LogP contribution in [0.2, 0.25) is 0 Å². The van der Waals surface area contributed by atoms with Crippen molar-refractivity contribution in [2.45, 2.75) is 51.5 Å². The molecule has 2 unspecified atom stereocenters. The maximum Gasteiger partial charge on any atom is 0.0565 e. The molecule has 3 heteroatoms. The molecule has 0 spiro atoms. The number of hydrogen-bond donors (Lipinski definition) is 1. The maximum atomic E-state index is 3.71. The van der Waals surface area contributed by atoms with Gasteiger partial charge in [0.05, 0.1) is 11.7 Å². The lowest BCUT2D eigenvalue weighted by atomic mass is 9.84. The van der Waals surface area contributed by atoms with Gasteiger partial charge in [0.1, 0.15) is 0 Å². The fourth-order valence-corrected chi connectivity index (χ4v) is 5.53. The van der Waals surface area contributed by atoms with Gasteiger partial charge >= 0.3 is 0 Å². The van der Waals surface area contributed by atoms with Gasteiger partial charge in [0.15, 0.2) is 0 Å². The van der Waals surface area contributed by atoms with Crippen LogP contribution in [0.1, 0.15) is 45.4 Å². The van der Waals surface area contributed by atoms with Crippen LogP contribution in [0.4, 0.5) is 0 Å². The van der Waals surface area contributed by atoms with Gasteiger partial charge in [0.25, 0.3) is 0 Å². The van der Waals surface area contributed by atoms with E-state index in [0.717, 1.165) is 19.0 Å². The first kappa shape index (κ1) is 14.0. The highest BCUT2D eigenvalue weighted by Gasteiger charge is 2.43. The fourth-order valence-electron chi connectivity index (χ4n) is 4.57. The van der Waals surface area contributed by atoms with Crippen molar-refractivity contribution in [1.29, 1.82) is 0 Å². The number of nitrogens with one attached hydrogen (secondary N) is 1. The van der Waals surface area contributed by atoms with Crippen molar-refractivity contribution in [2.24, 2.45) is 5.92 Å². The van der Waals surface area contributed by atoms with Crippen molar-refractivity contribution in [3.8, 4) is 0 Å². The van der Waals surface area contributed by atoms with Gasteiger partial charge < -0.3 is 10.2 Å². The van der Waals surface area contributed by atoms with E-state index in [9.17, 15) is 0 Å². The van der Waals surface area contributed by atoms with Crippen LogP contribution in [0.25, 0.3) is 0 Å². The maximum absolute atomic E-state index is 3.71. The zero-order valence-corrected chi connectivity index (χ0v) is 13.8. The number of rotatable bonds is 3. The standard InChI is InChI=1S/C18H26N2S/c1-2-3-6-13-11-19-12-15-14-7-4-8-16-18(14)20(17(13)15)9-5-10-21-16/h5,10,13,17,19H,2-4,6-9,11-12H2,1H3. The van der Waals surface area contributed by atoms with Crippen molar-refractivity contribution in [3.05, 3.63) is 33.2 Å². The predicted molar refractivity (Wildman–Crippen MR) is 91.0 cm³/mol. The number of allylic oxidation sites excluding steroid dienone is 2. The molecule has 4 rings (SSSR count). The van der Waals surface area contributed by atoms with Gasteiger partial charge in [-0.15, -0.1) is 11.8 Å². The van der Waals surface area contributed by atoms with Gasteiger partial charge in [-0.1, -0.05) is 25.8 Å². The molecular weight excluding hydrogens is 276 g/mol. The molecule has 0 saturated carbocycles. The molecule has 0 radical (unpaired) electrons. The van der Waals surface area contributed by atoms with Crippen molar-refractivity contribution in [3.63, 3.8) is 0 Å². The Hall–Kier alpha value is -0.670. The van der Waals surface area contributed by atoms with Crippen molar-refractivity contribution < 1.29 is 0 Å². The fraction of sp³-hybridized carbons (Fsp3) is 0.667. The minimum absolute atomic E-state index is 0.694. The van der Waals surface area contributed by atoms with Gasteiger partial charge in [0.2, 0.25) is 0 Å². The third kappa shape index (κ3) is 2.29. The van der Waals surface area contributed by atoms with Crippen LogP contribution in [0.3, 0.4) is 0 Å². The molecule has 0 aromatic rings. The zero-order valence-electron chi connectivity index (χ0n) is 13.0. The molecule has 1 saturated heterocycles. The average Bonchev–Trinajstić information content (AvgIpc) is 2.70. The zero-order chi connectivity index (χ0) is 14.2. The molecule has 1 fully saturated rings. The summed E-state index contributed by atoms with van der Waals surface area (Å²) < 4.78 is 0. The molecular formula is C18H26N2S.